The van der Waals surface area contributed by atoms with Gasteiger partial charge >= 0.3 is 0 Å². The van der Waals surface area contributed by atoms with E-state index in [1.165, 1.54) is 0 Å². The Morgan fingerprint density at radius 3 is 2.76 bits per heavy atom. The zero-order valence-corrected chi connectivity index (χ0v) is 10.4. The van der Waals surface area contributed by atoms with Gasteiger partial charge in [0.25, 0.3) is 0 Å². The molecule has 1 saturated heterocycles. The molecule has 0 bridgehead atoms. The van der Waals surface area contributed by atoms with Crippen molar-refractivity contribution >= 4 is 23.2 Å². The standard InChI is InChI=1S/C12H15ClN2O2/c1-12(6-17-7-12)5-15-8-2-3-9(11(14)16)10(13)4-8/h2-4,15H,5-7H2,1H3,(H2,14,16). The van der Waals surface area contributed by atoms with Gasteiger partial charge in [0.15, 0.2) is 0 Å². The Hall–Kier alpha value is -1.26. The van der Waals surface area contributed by atoms with Gasteiger partial charge in [-0.25, -0.2) is 0 Å². The molecule has 0 atom stereocenters. The van der Waals surface area contributed by atoms with Gasteiger partial charge in [0, 0.05) is 17.6 Å². The summed E-state index contributed by atoms with van der Waals surface area (Å²) in [6.07, 6.45) is 0. The monoisotopic (exact) mass is 254 g/mol. The van der Waals surface area contributed by atoms with Gasteiger partial charge < -0.3 is 15.8 Å². The molecule has 4 nitrogen and oxygen atoms in total. The molecule has 17 heavy (non-hydrogen) atoms. The van der Waals surface area contributed by atoms with Crippen molar-refractivity contribution in [3.8, 4) is 0 Å². The Morgan fingerprint density at radius 1 is 1.59 bits per heavy atom. The lowest BCUT2D eigenvalue weighted by Crippen LogP contribution is -2.45. The van der Waals surface area contributed by atoms with E-state index in [1.54, 1.807) is 18.2 Å². The summed E-state index contributed by atoms with van der Waals surface area (Å²) in [5.74, 6) is -0.513. The summed E-state index contributed by atoms with van der Waals surface area (Å²) in [6.45, 7) is 4.52. The molecule has 0 spiro atoms. The number of anilines is 1. The highest BCUT2D eigenvalue weighted by Crippen LogP contribution is 2.27. The van der Waals surface area contributed by atoms with Crippen LogP contribution in [0.4, 0.5) is 5.69 Å². The van der Waals surface area contributed by atoms with Gasteiger partial charge in [0.2, 0.25) is 5.91 Å². The van der Waals surface area contributed by atoms with Gasteiger partial charge in [-0.15, -0.1) is 0 Å². The van der Waals surface area contributed by atoms with Crippen molar-refractivity contribution in [2.45, 2.75) is 6.92 Å². The van der Waals surface area contributed by atoms with Gasteiger partial charge in [0.05, 0.1) is 23.8 Å². The maximum Gasteiger partial charge on any atom is 0.250 e. The summed E-state index contributed by atoms with van der Waals surface area (Å²) in [5, 5.41) is 3.65. The summed E-state index contributed by atoms with van der Waals surface area (Å²) < 4.78 is 5.17. The fourth-order valence-electron chi connectivity index (χ4n) is 1.69. The van der Waals surface area contributed by atoms with Crippen molar-refractivity contribution < 1.29 is 9.53 Å². The van der Waals surface area contributed by atoms with Crippen LogP contribution in [-0.4, -0.2) is 25.7 Å². The topological polar surface area (TPSA) is 64.3 Å². The Bertz CT molecular complexity index is 444. The number of rotatable bonds is 4. The molecule has 1 aromatic rings. The Kier molecular flexibility index (Phi) is 3.26. The highest BCUT2D eigenvalue weighted by atomic mass is 35.5. The second kappa shape index (κ2) is 4.55. The number of primary amides is 1. The number of nitrogens with one attached hydrogen (secondary N) is 1. The molecule has 0 saturated carbocycles. The number of hydrogen-bond donors (Lipinski definition) is 2. The van der Waals surface area contributed by atoms with Gasteiger partial charge in [-0.05, 0) is 18.2 Å². The van der Waals surface area contributed by atoms with Crippen LogP contribution in [0.25, 0.3) is 0 Å². The number of halogens is 1. The third kappa shape index (κ3) is 2.70. The van der Waals surface area contributed by atoms with Crippen LogP contribution in [0, 0.1) is 5.41 Å². The summed E-state index contributed by atoms with van der Waals surface area (Å²) >= 11 is 5.96. The summed E-state index contributed by atoms with van der Waals surface area (Å²) in [7, 11) is 0. The molecule has 0 aliphatic carbocycles. The molecule has 0 radical (unpaired) electrons. The van der Waals surface area contributed by atoms with Crippen LogP contribution in [0.3, 0.4) is 0 Å². The Labute approximate surface area is 105 Å². The van der Waals surface area contributed by atoms with E-state index in [0.29, 0.717) is 10.6 Å². The van der Waals surface area contributed by atoms with E-state index in [4.69, 9.17) is 22.1 Å². The number of carbonyl (C=O) groups is 1. The largest absolute Gasteiger partial charge is 0.384 e. The van der Waals surface area contributed by atoms with Crippen molar-refractivity contribution in [1.82, 2.24) is 0 Å². The Morgan fingerprint density at radius 2 is 2.29 bits per heavy atom. The molecular formula is C12H15ClN2O2. The van der Waals surface area contributed by atoms with Crippen LogP contribution < -0.4 is 11.1 Å². The van der Waals surface area contributed by atoms with E-state index in [9.17, 15) is 4.79 Å². The average Bonchev–Trinajstić information content (AvgIpc) is 2.23. The first-order valence-electron chi connectivity index (χ1n) is 5.41. The first kappa shape index (κ1) is 12.2. The molecule has 1 fully saturated rings. The summed E-state index contributed by atoms with van der Waals surface area (Å²) in [4.78, 5) is 11.0. The lowest BCUT2D eigenvalue weighted by atomic mass is 9.88. The first-order chi connectivity index (χ1) is 8.00. The van der Waals surface area contributed by atoms with Crippen LogP contribution >= 0.6 is 11.6 Å². The summed E-state index contributed by atoms with van der Waals surface area (Å²) in [5.41, 5.74) is 6.59. The Balaban J connectivity index is 2.02. The molecule has 92 valence electrons. The number of nitrogens with two attached hydrogens (primary N) is 1. The lowest BCUT2D eigenvalue weighted by Gasteiger charge is -2.38. The maximum absolute atomic E-state index is 11.0. The molecule has 0 aromatic heterocycles. The third-order valence-corrected chi connectivity index (χ3v) is 3.17. The predicted molar refractivity (Wildman–Crippen MR) is 67.4 cm³/mol. The first-order valence-corrected chi connectivity index (χ1v) is 5.79. The maximum atomic E-state index is 11.0. The minimum absolute atomic E-state index is 0.189. The lowest BCUT2D eigenvalue weighted by molar-refractivity contribution is -0.0924. The van der Waals surface area contributed by atoms with Crippen molar-refractivity contribution in [3.63, 3.8) is 0 Å². The van der Waals surface area contributed by atoms with Crippen molar-refractivity contribution in [1.29, 1.82) is 0 Å². The third-order valence-electron chi connectivity index (χ3n) is 2.85. The van der Waals surface area contributed by atoms with E-state index >= 15 is 0 Å². The zero-order chi connectivity index (χ0) is 12.5. The van der Waals surface area contributed by atoms with Gasteiger partial charge in [-0.1, -0.05) is 18.5 Å². The molecule has 1 amide bonds. The minimum atomic E-state index is -0.513. The number of hydrogen-bond acceptors (Lipinski definition) is 3. The highest BCUT2D eigenvalue weighted by molar-refractivity contribution is 6.34. The number of amides is 1. The van der Waals surface area contributed by atoms with E-state index < -0.39 is 5.91 Å². The quantitative estimate of drug-likeness (QED) is 0.862. The van der Waals surface area contributed by atoms with E-state index in [2.05, 4.69) is 12.2 Å². The highest BCUT2D eigenvalue weighted by Gasteiger charge is 2.32. The number of benzene rings is 1. The number of carbonyl (C=O) groups excluding carboxylic acids is 1. The average molecular weight is 255 g/mol. The van der Waals surface area contributed by atoms with Crippen LogP contribution in [0.5, 0.6) is 0 Å². The van der Waals surface area contributed by atoms with E-state index in [0.717, 1.165) is 25.4 Å². The van der Waals surface area contributed by atoms with Gasteiger partial charge in [0.1, 0.15) is 0 Å². The van der Waals surface area contributed by atoms with Crippen LogP contribution in [-0.2, 0) is 4.74 Å². The fourth-order valence-corrected chi connectivity index (χ4v) is 1.97. The number of ether oxygens (including phenoxy) is 1. The normalized spacial score (nSPS) is 17.3. The van der Waals surface area contributed by atoms with Crippen molar-refractivity contribution in [2.24, 2.45) is 11.1 Å². The van der Waals surface area contributed by atoms with Crippen LogP contribution in [0.2, 0.25) is 5.02 Å². The minimum Gasteiger partial charge on any atom is -0.384 e. The molecule has 5 heteroatoms. The SMILES string of the molecule is CC1(CNc2ccc(C(N)=O)c(Cl)c2)COC1. The predicted octanol–water partition coefficient (Wildman–Crippen LogP) is 1.89. The van der Waals surface area contributed by atoms with Crippen LogP contribution in [0.15, 0.2) is 18.2 Å². The zero-order valence-electron chi connectivity index (χ0n) is 9.63. The van der Waals surface area contributed by atoms with Crippen molar-refractivity contribution in [2.75, 3.05) is 25.1 Å². The molecule has 2 rings (SSSR count). The van der Waals surface area contributed by atoms with E-state index in [-0.39, 0.29) is 5.41 Å². The molecule has 1 aliphatic heterocycles. The van der Waals surface area contributed by atoms with E-state index in [1.807, 2.05) is 0 Å². The summed E-state index contributed by atoms with van der Waals surface area (Å²) in [6, 6.07) is 5.14. The molecule has 1 heterocycles. The van der Waals surface area contributed by atoms with Gasteiger partial charge in [-0.3, -0.25) is 4.79 Å². The van der Waals surface area contributed by atoms with Crippen molar-refractivity contribution in [3.05, 3.63) is 28.8 Å². The molecular weight excluding hydrogens is 240 g/mol. The molecule has 3 N–H and O–H groups in total. The van der Waals surface area contributed by atoms with Gasteiger partial charge in [-0.2, -0.15) is 0 Å². The molecule has 1 aromatic carbocycles. The molecule has 1 aliphatic rings. The second-order valence-corrected chi connectivity index (χ2v) is 5.12. The smallest absolute Gasteiger partial charge is 0.250 e. The van der Waals surface area contributed by atoms with Crippen LogP contribution in [0.1, 0.15) is 17.3 Å². The second-order valence-electron chi connectivity index (χ2n) is 4.72. The fraction of sp³-hybridized carbons (Fsp3) is 0.417. The molecule has 0 unspecified atom stereocenters.